The molecule has 0 amide bonds. The Morgan fingerprint density at radius 3 is 2.17 bits per heavy atom. The van der Waals surface area contributed by atoms with Crippen LogP contribution in [0.15, 0.2) is 115 Å². The summed E-state index contributed by atoms with van der Waals surface area (Å²) in [6.45, 7) is 0. The Labute approximate surface area is 214 Å². The van der Waals surface area contributed by atoms with Gasteiger partial charge in [0.2, 0.25) is 16.7 Å². The van der Waals surface area contributed by atoms with Crippen LogP contribution in [0.2, 0.25) is 0 Å². The Kier molecular flexibility index (Phi) is 5.40. The number of nitrogens with one attached hydrogen (secondary N) is 2. The fourth-order valence-corrected chi connectivity index (χ4v) is 4.61. The van der Waals surface area contributed by atoms with Crippen molar-refractivity contribution in [2.75, 3.05) is 10.6 Å². The molecule has 0 saturated carbocycles. The second-order valence-corrected chi connectivity index (χ2v) is 8.54. The summed E-state index contributed by atoms with van der Waals surface area (Å²) >= 11 is 0. The molecule has 36 heavy (non-hydrogen) atoms. The molecule has 0 fully saturated rings. The molecule has 5 nitrogen and oxygen atoms in total. The van der Waals surface area contributed by atoms with E-state index in [0.717, 1.165) is 62.0 Å². The van der Waals surface area contributed by atoms with Gasteiger partial charge in [-0.05, 0) is 42.5 Å². The molecular weight excluding hydrogens is 468 g/mol. The molecule has 0 spiro atoms. The highest BCUT2D eigenvalue weighted by Gasteiger charge is 2.25. The molecule has 2 N–H and O–H groups in total. The Hall–Kier alpha value is -4.61. The average Bonchev–Trinajstić information content (AvgIpc) is 2.90. The van der Waals surface area contributed by atoms with E-state index in [-0.39, 0.29) is 12.4 Å². The quantitative estimate of drug-likeness (QED) is 0.197. The van der Waals surface area contributed by atoms with E-state index in [1.807, 2.05) is 48.5 Å². The number of hydrogen-bond donors (Lipinski definition) is 2. The van der Waals surface area contributed by atoms with E-state index in [0.29, 0.717) is 0 Å². The largest absolute Gasteiger partial charge is 0.453 e. The van der Waals surface area contributed by atoms with E-state index < -0.39 is 0 Å². The third-order valence-corrected chi connectivity index (χ3v) is 6.23. The molecule has 7 rings (SSSR count). The Bertz CT molecular complexity index is 1720. The highest BCUT2D eigenvalue weighted by molar-refractivity contribution is 5.90. The number of para-hydroxylation sites is 4. The number of nitrogens with zero attached hydrogens (tertiary/aromatic N) is 2. The van der Waals surface area contributed by atoms with E-state index in [1.165, 1.54) is 0 Å². The van der Waals surface area contributed by atoms with Gasteiger partial charge in [-0.15, -0.1) is 17.0 Å². The number of rotatable bonds is 3. The Morgan fingerprint density at radius 1 is 0.611 bits per heavy atom. The van der Waals surface area contributed by atoms with E-state index in [9.17, 15) is 0 Å². The number of halogens is 1. The minimum Gasteiger partial charge on any atom is -0.453 e. The molecule has 0 saturated heterocycles. The van der Waals surface area contributed by atoms with Gasteiger partial charge in [0.15, 0.2) is 11.5 Å². The zero-order chi connectivity index (χ0) is 23.2. The average molecular weight is 490 g/mol. The first-order valence-corrected chi connectivity index (χ1v) is 11.6. The van der Waals surface area contributed by atoms with Crippen LogP contribution in [-0.2, 0) is 0 Å². The van der Waals surface area contributed by atoms with Crippen molar-refractivity contribution in [1.82, 2.24) is 4.98 Å². The zero-order valence-corrected chi connectivity index (χ0v) is 20.0. The normalized spacial score (nSPS) is 11.6. The van der Waals surface area contributed by atoms with Crippen molar-refractivity contribution in [1.29, 1.82) is 0 Å². The summed E-state index contributed by atoms with van der Waals surface area (Å²) in [7, 11) is 0. The van der Waals surface area contributed by atoms with Crippen LogP contribution in [0, 0.1) is 0 Å². The second kappa shape index (κ2) is 8.87. The van der Waals surface area contributed by atoms with E-state index in [4.69, 9.17) is 9.72 Å². The van der Waals surface area contributed by atoms with Gasteiger partial charge in [-0.1, -0.05) is 48.5 Å². The van der Waals surface area contributed by atoms with Crippen LogP contribution in [0.3, 0.4) is 0 Å². The third kappa shape index (κ3) is 3.76. The fourth-order valence-electron chi connectivity index (χ4n) is 4.61. The first-order valence-electron chi connectivity index (χ1n) is 11.6. The molecule has 0 bridgehead atoms. The van der Waals surface area contributed by atoms with Crippen LogP contribution in [0.1, 0.15) is 0 Å². The van der Waals surface area contributed by atoms with Gasteiger partial charge >= 0.3 is 0 Å². The smallest absolute Gasteiger partial charge is 0.241 e. The van der Waals surface area contributed by atoms with Gasteiger partial charge in [-0.25, -0.2) is 4.98 Å². The van der Waals surface area contributed by atoms with Gasteiger partial charge in [0.05, 0.1) is 17.4 Å². The monoisotopic (exact) mass is 489 g/mol. The summed E-state index contributed by atoms with van der Waals surface area (Å²) in [6, 6.07) is 38.9. The van der Waals surface area contributed by atoms with Crippen molar-refractivity contribution in [2.24, 2.45) is 0 Å². The lowest BCUT2D eigenvalue weighted by atomic mass is 10.1. The summed E-state index contributed by atoms with van der Waals surface area (Å²) in [5.74, 6) is 1.59. The molecule has 174 valence electrons. The number of anilines is 4. The highest BCUT2D eigenvalue weighted by Crippen LogP contribution is 2.43. The van der Waals surface area contributed by atoms with Crippen LogP contribution >= 0.6 is 12.4 Å². The molecule has 0 radical (unpaired) electrons. The minimum absolute atomic E-state index is 0. The summed E-state index contributed by atoms with van der Waals surface area (Å²) in [5.41, 5.74) is 8.74. The minimum atomic E-state index is 0. The molecule has 1 aromatic heterocycles. The zero-order valence-electron chi connectivity index (χ0n) is 19.2. The summed E-state index contributed by atoms with van der Waals surface area (Å²) < 4.78 is 8.52. The molecular formula is C30H22ClN4O+. The van der Waals surface area contributed by atoms with Crippen molar-refractivity contribution >= 4 is 57.2 Å². The molecule has 2 heterocycles. The van der Waals surface area contributed by atoms with E-state index in [2.05, 4.69) is 81.9 Å². The van der Waals surface area contributed by atoms with Gasteiger partial charge < -0.3 is 15.4 Å². The lowest BCUT2D eigenvalue weighted by Gasteiger charge is -2.21. The van der Waals surface area contributed by atoms with Gasteiger partial charge in [-0.2, -0.15) is 0 Å². The lowest BCUT2D eigenvalue weighted by molar-refractivity contribution is -0.538. The van der Waals surface area contributed by atoms with Crippen molar-refractivity contribution in [3.63, 3.8) is 0 Å². The molecule has 5 aromatic carbocycles. The SMILES string of the molecule is Cl.c1ccc(Nc2ccc3nc4cc5c(cc4[n+](-c4ccccc4)c3c2)Oc2ccccc2N5)cc1. The maximum absolute atomic E-state index is 6.28. The molecule has 6 aromatic rings. The third-order valence-electron chi connectivity index (χ3n) is 6.23. The topological polar surface area (TPSA) is 50.1 Å². The number of fused-ring (bicyclic) bond motifs is 4. The predicted octanol–water partition coefficient (Wildman–Crippen LogP) is 7.68. The van der Waals surface area contributed by atoms with Gasteiger partial charge in [0.25, 0.3) is 0 Å². The van der Waals surface area contributed by atoms with Crippen molar-refractivity contribution in [3.8, 4) is 17.2 Å². The van der Waals surface area contributed by atoms with E-state index in [1.54, 1.807) is 0 Å². The summed E-state index contributed by atoms with van der Waals surface area (Å²) in [4.78, 5) is 5.03. The molecule has 6 heteroatoms. The van der Waals surface area contributed by atoms with Crippen LogP contribution < -0.4 is 19.9 Å². The van der Waals surface area contributed by atoms with Crippen molar-refractivity contribution in [2.45, 2.75) is 0 Å². The molecule has 0 unspecified atom stereocenters. The van der Waals surface area contributed by atoms with Gasteiger partial charge in [0, 0.05) is 29.6 Å². The molecule has 1 aliphatic heterocycles. The first kappa shape index (κ1) is 21.9. The molecule has 1 aliphatic rings. The van der Waals surface area contributed by atoms with Crippen molar-refractivity contribution < 1.29 is 9.30 Å². The number of ether oxygens (including phenoxy) is 1. The van der Waals surface area contributed by atoms with Crippen LogP contribution in [0.4, 0.5) is 22.7 Å². The summed E-state index contributed by atoms with van der Waals surface area (Å²) in [6.07, 6.45) is 0. The molecule has 0 aliphatic carbocycles. The number of aromatic nitrogens is 2. The van der Waals surface area contributed by atoms with Gasteiger partial charge in [0.1, 0.15) is 11.0 Å². The second-order valence-electron chi connectivity index (χ2n) is 8.54. The maximum Gasteiger partial charge on any atom is 0.241 e. The predicted molar refractivity (Wildman–Crippen MR) is 148 cm³/mol. The number of hydrogen-bond acceptors (Lipinski definition) is 4. The standard InChI is InChI=1S/C30H20N4O.ClH/c1-3-9-20(10-4-1)31-21-15-16-23-27(17-21)34(22-11-5-2-6-12-22)28-19-30-26(18-25(28)32-23)33-24-13-7-8-14-29(24)35-30;/h1-19,33H;1H/p+1. The first-order chi connectivity index (χ1) is 17.3. The van der Waals surface area contributed by atoms with E-state index >= 15 is 0 Å². The van der Waals surface area contributed by atoms with Crippen LogP contribution in [0.25, 0.3) is 27.8 Å². The fraction of sp³-hybridized carbons (Fsp3) is 0. The number of benzene rings is 5. The maximum atomic E-state index is 6.28. The molecule has 0 atom stereocenters. The van der Waals surface area contributed by atoms with Crippen LogP contribution in [0.5, 0.6) is 11.5 Å². The summed E-state index contributed by atoms with van der Waals surface area (Å²) in [5, 5.41) is 7.00. The van der Waals surface area contributed by atoms with Gasteiger partial charge in [-0.3, -0.25) is 0 Å². The lowest BCUT2D eigenvalue weighted by Crippen LogP contribution is -2.33. The highest BCUT2D eigenvalue weighted by atomic mass is 35.5. The van der Waals surface area contributed by atoms with Crippen LogP contribution in [-0.4, -0.2) is 4.98 Å². The Morgan fingerprint density at radius 2 is 1.33 bits per heavy atom. The Balaban J connectivity index is 0.00000240. The van der Waals surface area contributed by atoms with Crippen molar-refractivity contribution in [3.05, 3.63) is 115 Å².